The molecule has 16 heavy (non-hydrogen) atoms. The summed E-state index contributed by atoms with van der Waals surface area (Å²) in [5, 5.41) is 0. The first-order valence-electron chi connectivity index (χ1n) is 5.86. The lowest BCUT2D eigenvalue weighted by atomic mass is 9.94. The van der Waals surface area contributed by atoms with Crippen LogP contribution in [0.15, 0.2) is 18.3 Å². The van der Waals surface area contributed by atoms with Gasteiger partial charge in [0.05, 0.1) is 6.61 Å². The summed E-state index contributed by atoms with van der Waals surface area (Å²) in [7, 11) is 0. The molecule has 0 unspecified atom stereocenters. The highest BCUT2D eigenvalue weighted by Crippen LogP contribution is 2.26. The number of hydrogen-bond acceptors (Lipinski definition) is 2. The third-order valence-corrected chi connectivity index (χ3v) is 3.08. The van der Waals surface area contributed by atoms with Gasteiger partial charge in [0.2, 0.25) is 0 Å². The van der Waals surface area contributed by atoms with Crippen molar-refractivity contribution in [3.05, 3.63) is 24.0 Å². The maximum absolute atomic E-state index is 11.5. The second kappa shape index (κ2) is 5.05. The molecule has 1 N–H and O–H groups in total. The second-order valence-electron chi connectivity index (χ2n) is 4.09. The number of amides is 1. The first-order chi connectivity index (χ1) is 7.81. The van der Waals surface area contributed by atoms with Crippen molar-refractivity contribution in [3.63, 3.8) is 0 Å². The fraction of sp³-hybridized carbons (Fsp3) is 0.583. The Labute approximate surface area is 95.6 Å². The number of likely N-dealkylation sites (tertiary alicyclic amines) is 1. The Morgan fingerprint density at radius 1 is 1.56 bits per heavy atom. The monoisotopic (exact) mass is 222 g/mol. The van der Waals surface area contributed by atoms with Crippen LogP contribution >= 0.6 is 0 Å². The topological polar surface area (TPSA) is 45.3 Å². The molecule has 4 nitrogen and oxygen atoms in total. The fourth-order valence-corrected chi connectivity index (χ4v) is 2.19. The molecule has 88 valence electrons. The average Bonchev–Trinajstić information content (AvgIpc) is 2.83. The van der Waals surface area contributed by atoms with Crippen molar-refractivity contribution >= 4 is 6.09 Å². The lowest BCUT2D eigenvalue weighted by molar-refractivity contribution is 0.0969. The van der Waals surface area contributed by atoms with Gasteiger partial charge in [0.15, 0.2) is 0 Å². The molecule has 0 spiro atoms. The van der Waals surface area contributed by atoms with E-state index in [4.69, 9.17) is 4.74 Å². The number of carbonyl (C=O) groups is 1. The number of rotatable bonds is 2. The lowest BCUT2D eigenvalue weighted by Crippen LogP contribution is -2.38. The molecule has 0 bridgehead atoms. The SMILES string of the molecule is CCOC(=O)N1CCC(c2ccc[nH]2)CC1. The predicted octanol–water partition coefficient (Wildman–Crippen LogP) is 2.35. The van der Waals surface area contributed by atoms with Crippen LogP contribution in [0.3, 0.4) is 0 Å². The third kappa shape index (κ3) is 2.38. The van der Waals surface area contributed by atoms with Gasteiger partial charge in [0.1, 0.15) is 0 Å². The number of piperidine rings is 1. The van der Waals surface area contributed by atoms with Crippen molar-refractivity contribution in [2.45, 2.75) is 25.7 Å². The van der Waals surface area contributed by atoms with Crippen LogP contribution in [0.4, 0.5) is 4.79 Å². The zero-order valence-corrected chi connectivity index (χ0v) is 9.61. The normalized spacial score (nSPS) is 17.4. The first kappa shape index (κ1) is 11.0. The number of nitrogens with zero attached hydrogens (tertiary/aromatic N) is 1. The maximum atomic E-state index is 11.5. The average molecular weight is 222 g/mol. The molecule has 2 rings (SSSR count). The van der Waals surface area contributed by atoms with Crippen LogP contribution < -0.4 is 0 Å². The second-order valence-corrected chi connectivity index (χ2v) is 4.09. The molecule has 1 aromatic heterocycles. The third-order valence-electron chi connectivity index (χ3n) is 3.08. The summed E-state index contributed by atoms with van der Waals surface area (Å²) in [6.07, 6.45) is 3.80. The van der Waals surface area contributed by atoms with Gasteiger partial charge in [-0.15, -0.1) is 0 Å². The summed E-state index contributed by atoms with van der Waals surface area (Å²) in [6.45, 7) is 3.88. The molecule has 0 aliphatic carbocycles. The zero-order chi connectivity index (χ0) is 11.4. The van der Waals surface area contributed by atoms with Gasteiger partial charge in [-0.3, -0.25) is 0 Å². The Morgan fingerprint density at radius 2 is 2.31 bits per heavy atom. The van der Waals surface area contributed by atoms with Crippen LogP contribution in [0.1, 0.15) is 31.4 Å². The molecular formula is C12H18N2O2. The molecule has 0 saturated carbocycles. The van der Waals surface area contributed by atoms with Crippen LogP contribution in [-0.4, -0.2) is 35.7 Å². The van der Waals surface area contributed by atoms with Crippen LogP contribution in [0, 0.1) is 0 Å². The van der Waals surface area contributed by atoms with E-state index >= 15 is 0 Å². The van der Waals surface area contributed by atoms with E-state index in [-0.39, 0.29) is 6.09 Å². The summed E-state index contributed by atoms with van der Waals surface area (Å²) in [4.78, 5) is 16.5. The van der Waals surface area contributed by atoms with Crippen LogP contribution in [0.5, 0.6) is 0 Å². The van der Waals surface area contributed by atoms with Crippen molar-refractivity contribution in [2.75, 3.05) is 19.7 Å². The summed E-state index contributed by atoms with van der Waals surface area (Å²) in [5.74, 6) is 0.556. The molecule has 1 fully saturated rings. The Hall–Kier alpha value is -1.45. The Kier molecular flexibility index (Phi) is 3.49. The summed E-state index contributed by atoms with van der Waals surface area (Å²) in [5.41, 5.74) is 1.28. The van der Waals surface area contributed by atoms with Gasteiger partial charge >= 0.3 is 6.09 Å². The quantitative estimate of drug-likeness (QED) is 0.834. The van der Waals surface area contributed by atoms with Gasteiger partial charge in [-0.1, -0.05) is 0 Å². The van der Waals surface area contributed by atoms with Gasteiger partial charge in [0, 0.05) is 30.9 Å². The van der Waals surface area contributed by atoms with Crippen LogP contribution in [0.2, 0.25) is 0 Å². The highest BCUT2D eigenvalue weighted by molar-refractivity contribution is 5.67. The van der Waals surface area contributed by atoms with Crippen molar-refractivity contribution in [1.82, 2.24) is 9.88 Å². The molecule has 0 atom stereocenters. The van der Waals surface area contributed by atoms with E-state index in [1.54, 1.807) is 4.90 Å². The molecule has 1 amide bonds. The van der Waals surface area contributed by atoms with E-state index in [0.29, 0.717) is 12.5 Å². The van der Waals surface area contributed by atoms with Crippen molar-refractivity contribution in [2.24, 2.45) is 0 Å². The highest BCUT2D eigenvalue weighted by atomic mass is 16.6. The molecule has 1 aromatic rings. The van der Waals surface area contributed by atoms with E-state index in [0.717, 1.165) is 25.9 Å². The van der Waals surface area contributed by atoms with Crippen molar-refractivity contribution < 1.29 is 9.53 Å². The molecule has 0 aromatic carbocycles. The molecule has 1 aliphatic rings. The standard InChI is InChI=1S/C12H18N2O2/c1-2-16-12(15)14-8-5-10(6-9-14)11-4-3-7-13-11/h3-4,7,10,13H,2,5-6,8-9H2,1H3. The maximum Gasteiger partial charge on any atom is 0.409 e. The summed E-state index contributed by atoms with van der Waals surface area (Å²) < 4.78 is 4.99. The molecular weight excluding hydrogens is 204 g/mol. The van der Waals surface area contributed by atoms with E-state index < -0.39 is 0 Å². The van der Waals surface area contributed by atoms with Gasteiger partial charge in [-0.2, -0.15) is 0 Å². The molecule has 2 heterocycles. The van der Waals surface area contributed by atoms with E-state index in [2.05, 4.69) is 11.1 Å². The van der Waals surface area contributed by atoms with E-state index in [1.807, 2.05) is 19.2 Å². The number of carbonyl (C=O) groups excluding carboxylic acids is 1. The fourth-order valence-electron chi connectivity index (χ4n) is 2.19. The van der Waals surface area contributed by atoms with Gasteiger partial charge in [0.25, 0.3) is 0 Å². The minimum atomic E-state index is -0.174. The summed E-state index contributed by atoms with van der Waals surface area (Å²) >= 11 is 0. The zero-order valence-electron chi connectivity index (χ0n) is 9.61. The van der Waals surface area contributed by atoms with Crippen LogP contribution in [0.25, 0.3) is 0 Å². The number of hydrogen-bond donors (Lipinski definition) is 1. The minimum absolute atomic E-state index is 0.174. The molecule has 4 heteroatoms. The van der Waals surface area contributed by atoms with E-state index in [9.17, 15) is 4.79 Å². The predicted molar refractivity (Wildman–Crippen MR) is 61.4 cm³/mol. The number of aromatic nitrogens is 1. The first-order valence-corrected chi connectivity index (χ1v) is 5.86. The van der Waals surface area contributed by atoms with Crippen molar-refractivity contribution in [3.8, 4) is 0 Å². The molecule has 0 radical (unpaired) electrons. The lowest BCUT2D eigenvalue weighted by Gasteiger charge is -2.30. The number of aromatic amines is 1. The summed E-state index contributed by atoms with van der Waals surface area (Å²) in [6, 6.07) is 4.14. The Morgan fingerprint density at radius 3 is 2.88 bits per heavy atom. The van der Waals surface area contributed by atoms with Gasteiger partial charge in [-0.25, -0.2) is 4.79 Å². The Balaban J connectivity index is 1.85. The van der Waals surface area contributed by atoms with E-state index in [1.165, 1.54) is 5.69 Å². The largest absolute Gasteiger partial charge is 0.450 e. The molecule has 1 saturated heterocycles. The highest BCUT2D eigenvalue weighted by Gasteiger charge is 2.24. The number of H-pyrrole nitrogens is 1. The van der Waals surface area contributed by atoms with Crippen molar-refractivity contribution in [1.29, 1.82) is 0 Å². The smallest absolute Gasteiger partial charge is 0.409 e. The van der Waals surface area contributed by atoms with Gasteiger partial charge in [-0.05, 0) is 31.9 Å². The molecule has 1 aliphatic heterocycles. The minimum Gasteiger partial charge on any atom is -0.450 e. The number of ether oxygens (including phenoxy) is 1. The van der Waals surface area contributed by atoms with Crippen LogP contribution in [-0.2, 0) is 4.74 Å². The number of nitrogens with one attached hydrogen (secondary N) is 1. The van der Waals surface area contributed by atoms with Gasteiger partial charge < -0.3 is 14.6 Å². The Bertz CT molecular complexity index is 327.